The maximum atomic E-state index is 14.8. The minimum atomic E-state index is -3.14. The van der Waals surface area contributed by atoms with E-state index in [0.717, 1.165) is 18.4 Å². The van der Waals surface area contributed by atoms with Crippen LogP contribution in [-0.2, 0) is 15.5 Å². The van der Waals surface area contributed by atoms with Crippen molar-refractivity contribution in [2.24, 2.45) is 11.7 Å². The summed E-state index contributed by atoms with van der Waals surface area (Å²) in [6.07, 6.45) is 1.38. The van der Waals surface area contributed by atoms with E-state index in [9.17, 15) is 23.2 Å². The molecule has 0 radical (unpaired) electrons. The first-order valence-electron chi connectivity index (χ1n) is 13.5. The Labute approximate surface area is 245 Å². The molecule has 2 aromatic carbocycles. The van der Waals surface area contributed by atoms with Gasteiger partial charge in [-0.05, 0) is 55.0 Å². The van der Waals surface area contributed by atoms with Crippen molar-refractivity contribution in [1.82, 2.24) is 15.5 Å². The Morgan fingerprint density at radius 1 is 1.10 bits per heavy atom. The zero-order valence-electron chi connectivity index (χ0n) is 23.0. The molecule has 1 saturated heterocycles. The van der Waals surface area contributed by atoms with Crippen LogP contribution in [0.5, 0.6) is 0 Å². The first-order chi connectivity index (χ1) is 20.1. The Morgan fingerprint density at radius 2 is 1.81 bits per heavy atom. The van der Waals surface area contributed by atoms with Gasteiger partial charge in [-0.3, -0.25) is 19.8 Å². The molecule has 1 saturated carbocycles. The Bertz CT molecular complexity index is 1570. The van der Waals surface area contributed by atoms with E-state index in [2.05, 4.69) is 10.6 Å². The molecule has 0 bridgehead atoms. The molecule has 3 unspecified atom stereocenters. The summed E-state index contributed by atoms with van der Waals surface area (Å²) in [5.74, 6) is -4.10. The number of nitrogen functional groups attached to an aromatic ring is 1. The first kappa shape index (κ1) is 29.3. The zero-order valence-corrected chi connectivity index (χ0v) is 23.8. The molecule has 2 aliphatic carbocycles. The number of aliphatic hydroxyl groups is 1. The smallest absolute Gasteiger partial charge is 0.299 e. The number of amidine groups is 1. The molecule has 6 N–H and O–H groups in total. The van der Waals surface area contributed by atoms with Crippen molar-refractivity contribution < 1.29 is 28.3 Å². The Kier molecular flexibility index (Phi) is 7.86. The minimum absolute atomic E-state index is 0.0276. The SMILES string of the molecule is CO.C[C@@H](NC(=O)C1CC2CC2N1C(=O)CNC(=O)c1ccc2c(c1)-c1ccccc1C2(F)F)c1cc(C(=N)N)cs1. The fourth-order valence-electron chi connectivity index (χ4n) is 5.82. The van der Waals surface area contributed by atoms with Crippen molar-refractivity contribution in [3.05, 3.63) is 81.0 Å². The normalized spacial score (nSPS) is 21.2. The second kappa shape index (κ2) is 11.3. The number of carbonyl (C=O) groups is 3. The van der Waals surface area contributed by atoms with E-state index in [4.69, 9.17) is 16.2 Å². The van der Waals surface area contributed by atoms with Gasteiger partial charge in [0, 0.05) is 45.7 Å². The van der Waals surface area contributed by atoms with Crippen molar-refractivity contribution in [3.63, 3.8) is 0 Å². The highest BCUT2D eigenvalue weighted by atomic mass is 32.1. The lowest BCUT2D eigenvalue weighted by Gasteiger charge is -2.28. The van der Waals surface area contributed by atoms with Gasteiger partial charge in [-0.1, -0.05) is 30.3 Å². The number of carbonyl (C=O) groups excluding carboxylic acids is 3. The molecule has 6 rings (SSSR count). The molecule has 3 aliphatic rings. The molecule has 3 aromatic rings. The largest absolute Gasteiger partial charge is 0.400 e. The number of amides is 3. The quantitative estimate of drug-likeness (QED) is 0.210. The molecule has 220 valence electrons. The van der Waals surface area contributed by atoms with Crippen LogP contribution in [0.25, 0.3) is 11.1 Å². The van der Waals surface area contributed by atoms with Crippen LogP contribution in [0.15, 0.2) is 53.9 Å². The second-order valence-corrected chi connectivity index (χ2v) is 11.5. The Balaban J connectivity index is 0.00000173. The molecule has 2 heterocycles. The number of fused-ring (bicyclic) bond motifs is 4. The molecule has 0 spiro atoms. The number of thiophene rings is 1. The summed E-state index contributed by atoms with van der Waals surface area (Å²) in [6, 6.07) is 11.0. The van der Waals surface area contributed by atoms with Crippen molar-refractivity contribution in [2.75, 3.05) is 13.7 Å². The van der Waals surface area contributed by atoms with E-state index in [1.165, 1.54) is 35.6 Å². The lowest BCUT2D eigenvalue weighted by molar-refractivity contribution is -0.139. The number of nitrogens with one attached hydrogen (secondary N) is 3. The van der Waals surface area contributed by atoms with E-state index < -0.39 is 17.9 Å². The number of piperidine rings is 1. The van der Waals surface area contributed by atoms with E-state index in [-0.39, 0.29) is 58.9 Å². The predicted molar refractivity (Wildman–Crippen MR) is 154 cm³/mol. The van der Waals surface area contributed by atoms with Gasteiger partial charge in [0.2, 0.25) is 11.8 Å². The summed E-state index contributed by atoms with van der Waals surface area (Å²) in [5, 5.41) is 21.9. The van der Waals surface area contributed by atoms with Gasteiger partial charge in [0.15, 0.2) is 0 Å². The average molecular weight is 596 g/mol. The molecule has 9 nitrogen and oxygen atoms in total. The number of halogens is 2. The monoisotopic (exact) mass is 595 g/mol. The Hall–Kier alpha value is -4.16. The summed E-state index contributed by atoms with van der Waals surface area (Å²) in [6.45, 7) is 1.53. The standard InChI is InChI=1S/C29H27F2N5O3S.CH4O/c1-14(24-11-17(13-40-24)26(32)33)35-28(39)23-10-16-9-22(16)36(23)25(37)12-34-27(38)15-6-7-21-19(8-15)18-4-2-3-5-20(18)29(21,30)31;1-2/h2-8,11,13-14,16,22-23H,9-10,12H2,1H3,(H3,32,33)(H,34,38)(H,35,39);2H,1H3/t14-,16?,22?,23?;/m1./s1. The number of nitrogens with zero attached hydrogens (tertiary/aromatic N) is 1. The van der Waals surface area contributed by atoms with Gasteiger partial charge in [-0.2, -0.15) is 8.78 Å². The lowest BCUT2D eigenvalue weighted by atomic mass is 10.0. The van der Waals surface area contributed by atoms with Crippen LogP contribution < -0.4 is 16.4 Å². The highest BCUT2D eigenvalue weighted by Gasteiger charge is 2.56. The number of rotatable bonds is 7. The highest BCUT2D eigenvalue weighted by molar-refractivity contribution is 7.10. The van der Waals surface area contributed by atoms with Gasteiger partial charge in [-0.15, -0.1) is 11.3 Å². The van der Waals surface area contributed by atoms with Crippen molar-refractivity contribution in [1.29, 1.82) is 5.41 Å². The van der Waals surface area contributed by atoms with Gasteiger partial charge in [-0.25, -0.2) is 0 Å². The topological polar surface area (TPSA) is 149 Å². The van der Waals surface area contributed by atoms with Crippen LogP contribution in [0.2, 0.25) is 0 Å². The van der Waals surface area contributed by atoms with Crippen LogP contribution in [0.4, 0.5) is 8.78 Å². The van der Waals surface area contributed by atoms with Gasteiger partial charge in [0.1, 0.15) is 11.9 Å². The number of alkyl halides is 2. The summed E-state index contributed by atoms with van der Waals surface area (Å²) >= 11 is 1.39. The van der Waals surface area contributed by atoms with Crippen molar-refractivity contribution in [3.8, 4) is 11.1 Å². The van der Waals surface area contributed by atoms with Crippen molar-refractivity contribution in [2.45, 2.75) is 43.8 Å². The maximum Gasteiger partial charge on any atom is 0.299 e. The predicted octanol–water partition coefficient (Wildman–Crippen LogP) is 3.36. The second-order valence-electron chi connectivity index (χ2n) is 10.6. The first-order valence-corrected chi connectivity index (χ1v) is 14.3. The molecule has 4 atom stereocenters. The van der Waals surface area contributed by atoms with Crippen LogP contribution in [0, 0.1) is 11.3 Å². The maximum absolute atomic E-state index is 14.8. The summed E-state index contributed by atoms with van der Waals surface area (Å²) in [4.78, 5) is 41.7. The number of hydrogen-bond acceptors (Lipinski definition) is 6. The van der Waals surface area contributed by atoms with E-state index in [1.54, 1.807) is 34.5 Å². The van der Waals surface area contributed by atoms with Crippen LogP contribution in [0.1, 0.15) is 57.7 Å². The summed E-state index contributed by atoms with van der Waals surface area (Å²) in [5.41, 5.74) is 6.74. The van der Waals surface area contributed by atoms with Crippen molar-refractivity contribution >= 4 is 34.9 Å². The number of nitrogens with two attached hydrogens (primary N) is 1. The van der Waals surface area contributed by atoms with Gasteiger partial charge in [0.05, 0.1) is 12.6 Å². The third-order valence-corrected chi connectivity index (χ3v) is 9.10. The van der Waals surface area contributed by atoms with Gasteiger partial charge >= 0.3 is 0 Å². The number of benzene rings is 2. The highest BCUT2D eigenvalue weighted by Crippen LogP contribution is 2.51. The minimum Gasteiger partial charge on any atom is -0.400 e. The zero-order chi connectivity index (χ0) is 30.3. The van der Waals surface area contributed by atoms with Gasteiger partial charge in [0.25, 0.3) is 11.8 Å². The van der Waals surface area contributed by atoms with Gasteiger partial charge < -0.3 is 26.4 Å². The molecule has 12 heteroatoms. The van der Waals surface area contributed by atoms with E-state index in [1.807, 2.05) is 6.92 Å². The molecular weight excluding hydrogens is 564 g/mol. The summed E-state index contributed by atoms with van der Waals surface area (Å²) < 4.78 is 29.7. The average Bonchev–Trinajstić information content (AvgIpc) is 3.32. The van der Waals surface area contributed by atoms with Crippen LogP contribution in [-0.4, -0.2) is 59.3 Å². The molecule has 1 aromatic heterocycles. The molecule has 3 amide bonds. The molecular formula is C30H31F2N5O4S. The fraction of sp³-hybridized carbons (Fsp3) is 0.333. The Morgan fingerprint density at radius 3 is 2.52 bits per heavy atom. The fourth-order valence-corrected chi connectivity index (χ4v) is 6.74. The lowest BCUT2D eigenvalue weighted by Crippen LogP contribution is -2.51. The van der Waals surface area contributed by atoms with Crippen LogP contribution in [0.3, 0.4) is 0 Å². The number of aliphatic hydroxyl groups excluding tert-OH is 1. The molecule has 42 heavy (non-hydrogen) atoms. The van der Waals surface area contributed by atoms with Crippen LogP contribution >= 0.6 is 11.3 Å². The number of likely N-dealkylation sites (tertiary alicyclic amines) is 1. The summed E-state index contributed by atoms with van der Waals surface area (Å²) in [7, 11) is 1.00. The molecule has 1 aliphatic heterocycles. The van der Waals surface area contributed by atoms with E-state index >= 15 is 0 Å². The third-order valence-electron chi connectivity index (χ3n) is 7.99. The van der Waals surface area contributed by atoms with E-state index in [0.29, 0.717) is 23.1 Å². The number of hydrogen-bond donors (Lipinski definition) is 5. The molecule has 2 fully saturated rings. The third kappa shape index (κ3) is 5.16.